The molecule has 0 amide bonds. The third-order valence-corrected chi connectivity index (χ3v) is 4.18. The number of unbranched alkanes of at least 4 members (excludes halogenated alkanes) is 1. The summed E-state index contributed by atoms with van der Waals surface area (Å²) >= 11 is 0. The summed E-state index contributed by atoms with van der Waals surface area (Å²) in [4.78, 5) is 2.65. The molecule has 1 unspecified atom stereocenters. The predicted octanol–water partition coefficient (Wildman–Crippen LogP) is 3.65. The van der Waals surface area contributed by atoms with Crippen molar-refractivity contribution in [3.05, 3.63) is 35.4 Å². The van der Waals surface area contributed by atoms with Crippen molar-refractivity contribution in [3.8, 4) is 0 Å². The molecule has 0 aliphatic heterocycles. The van der Waals surface area contributed by atoms with E-state index in [9.17, 15) is 0 Å². The van der Waals surface area contributed by atoms with Crippen molar-refractivity contribution in [2.24, 2.45) is 5.73 Å². The highest BCUT2D eigenvalue weighted by molar-refractivity contribution is 5.28. The Hall–Kier alpha value is -0.860. The molecule has 1 aromatic rings. The Labute approximate surface area is 118 Å². The third kappa shape index (κ3) is 4.32. The highest BCUT2D eigenvalue weighted by Gasteiger charge is 2.28. The van der Waals surface area contributed by atoms with E-state index in [4.69, 9.17) is 5.73 Å². The average molecular weight is 260 g/mol. The Morgan fingerprint density at radius 3 is 2.63 bits per heavy atom. The fourth-order valence-corrected chi connectivity index (χ4v) is 2.74. The van der Waals surface area contributed by atoms with Crippen molar-refractivity contribution in [2.75, 3.05) is 13.1 Å². The lowest BCUT2D eigenvalue weighted by molar-refractivity contribution is 0.249. The smallest absolute Gasteiger partial charge is 0.0309 e. The average Bonchev–Trinajstić information content (AvgIpc) is 3.23. The van der Waals surface area contributed by atoms with E-state index in [0.29, 0.717) is 0 Å². The van der Waals surface area contributed by atoms with Crippen LogP contribution in [0.4, 0.5) is 0 Å². The minimum absolute atomic E-state index is 0.184. The highest BCUT2D eigenvalue weighted by atomic mass is 15.2. The van der Waals surface area contributed by atoms with Gasteiger partial charge in [0.25, 0.3) is 0 Å². The molecule has 0 aromatic heterocycles. The first-order valence-electron chi connectivity index (χ1n) is 7.77. The highest BCUT2D eigenvalue weighted by Crippen LogP contribution is 2.28. The van der Waals surface area contributed by atoms with Gasteiger partial charge in [-0.05, 0) is 50.3 Å². The molecule has 1 saturated carbocycles. The number of hydrogen-bond donors (Lipinski definition) is 1. The molecule has 1 aliphatic carbocycles. The van der Waals surface area contributed by atoms with Gasteiger partial charge in [-0.3, -0.25) is 0 Å². The number of rotatable bonds is 8. The van der Waals surface area contributed by atoms with Crippen LogP contribution in [0.2, 0.25) is 0 Å². The maximum Gasteiger partial charge on any atom is 0.0309 e. The van der Waals surface area contributed by atoms with Gasteiger partial charge in [-0.15, -0.1) is 0 Å². The first-order chi connectivity index (χ1) is 9.22. The second-order valence-electron chi connectivity index (χ2n) is 5.87. The molecule has 0 spiro atoms. The number of aryl methyl sites for hydroxylation is 1. The summed E-state index contributed by atoms with van der Waals surface area (Å²) in [5.74, 6) is 0. The number of benzene rings is 1. The summed E-state index contributed by atoms with van der Waals surface area (Å²) in [7, 11) is 0. The van der Waals surface area contributed by atoms with E-state index < -0.39 is 0 Å². The van der Waals surface area contributed by atoms with Crippen LogP contribution in [-0.2, 0) is 0 Å². The topological polar surface area (TPSA) is 29.3 Å². The number of nitrogens with two attached hydrogens (primary N) is 1. The first kappa shape index (κ1) is 14.5. The molecule has 0 radical (unpaired) electrons. The van der Waals surface area contributed by atoms with Crippen molar-refractivity contribution >= 4 is 0 Å². The van der Waals surface area contributed by atoms with Crippen LogP contribution in [0.5, 0.6) is 0 Å². The van der Waals surface area contributed by atoms with Gasteiger partial charge in [-0.2, -0.15) is 0 Å². The second kappa shape index (κ2) is 7.06. The van der Waals surface area contributed by atoms with E-state index in [-0.39, 0.29) is 6.04 Å². The number of hydrogen-bond acceptors (Lipinski definition) is 2. The number of nitrogens with zero attached hydrogens (tertiary/aromatic N) is 1. The van der Waals surface area contributed by atoms with Crippen LogP contribution in [0.1, 0.15) is 56.2 Å². The van der Waals surface area contributed by atoms with E-state index >= 15 is 0 Å². The maximum absolute atomic E-state index is 6.37. The second-order valence-corrected chi connectivity index (χ2v) is 5.87. The van der Waals surface area contributed by atoms with E-state index in [1.54, 1.807) is 0 Å². The Bertz CT molecular complexity index is 385. The molecule has 0 bridgehead atoms. The summed E-state index contributed by atoms with van der Waals surface area (Å²) in [6, 6.07) is 9.55. The van der Waals surface area contributed by atoms with Crippen LogP contribution in [-0.4, -0.2) is 24.0 Å². The van der Waals surface area contributed by atoms with Gasteiger partial charge in [0.1, 0.15) is 0 Å². The van der Waals surface area contributed by atoms with Crippen molar-refractivity contribution in [2.45, 2.75) is 58.0 Å². The van der Waals surface area contributed by atoms with Crippen LogP contribution in [0.25, 0.3) is 0 Å². The van der Waals surface area contributed by atoms with Gasteiger partial charge in [0, 0.05) is 18.6 Å². The van der Waals surface area contributed by atoms with Crippen molar-refractivity contribution < 1.29 is 0 Å². The van der Waals surface area contributed by atoms with Crippen molar-refractivity contribution in [3.63, 3.8) is 0 Å². The standard InChI is InChI=1S/C17H28N2/c1-3-4-12-19(15-9-10-15)13-11-17(18)16-8-6-5-7-14(16)2/h5-8,15,17H,3-4,9-13,18H2,1-2H3. The van der Waals surface area contributed by atoms with Gasteiger partial charge < -0.3 is 10.6 Å². The predicted molar refractivity (Wildman–Crippen MR) is 82.2 cm³/mol. The van der Waals surface area contributed by atoms with Crippen molar-refractivity contribution in [1.82, 2.24) is 4.90 Å². The zero-order valence-electron chi connectivity index (χ0n) is 12.4. The Morgan fingerprint density at radius 1 is 1.26 bits per heavy atom. The van der Waals surface area contributed by atoms with Crippen LogP contribution in [0.3, 0.4) is 0 Å². The molecule has 106 valence electrons. The summed E-state index contributed by atoms with van der Waals surface area (Å²) < 4.78 is 0. The Kier molecular flexibility index (Phi) is 5.41. The van der Waals surface area contributed by atoms with Crippen molar-refractivity contribution in [1.29, 1.82) is 0 Å². The molecule has 0 saturated heterocycles. The fourth-order valence-electron chi connectivity index (χ4n) is 2.74. The summed E-state index contributed by atoms with van der Waals surface area (Å²) in [6.07, 6.45) is 6.46. The molecule has 1 aromatic carbocycles. The summed E-state index contributed by atoms with van der Waals surface area (Å²) in [6.45, 7) is 6.83. The molecule has 1 atom stereocenters. The first-order valence-corrected chi connectivity index (χ1v) is 7.77. The molecule has 1 aliphatic rings. The Morgan fingerprint density at radius 2 is 2.00 bits per heavy atom. The molecule has 19 heavy (non-hydrogen) atoms. The van der Waals surface area contributed by atoms with Gasteiger partial charge in [-0.1, -0.05) is 37.6 Å². The summed E-state index contributed by atoms with van der Waals surface area (Å²) in [5.41, 5.74) is 9.00. The molecular weight excluding hydrogens is 232 g/mol. The third-order valence-electron chi connectivity index (χ3n) is 4.18. The monoisotopic (exact) mass is 260 g/mol. The molecule has 2 heteroatoms. The van der Waals surface area contributed by atoms with Gasteiger partial charge in [-0.25, -0.2) is 0 Å². The summed E-state index contributed by atoms with van der Waals surface area (Å²) in [5, 5.41) is 0. The molecular formula is C17H28N2. The van der Waals surface area contributed by atoms with E-state index in [2.05, 4.69) is 43.0 Å². The van der Waals surface area contributed by atoms with Gasteiger partial charge in [0.2, 0.25) is 0 Å². The van der Waals surface area contributed by atoms with Gasteiger partial charge in [0.05, 0.1) is 0 Å². The SMILES string of the molecule is CCCCN(CCC(N)c1ccccc1C)C1CC1. The van der Waals surface area contributed by atoms with Gasteiger partial charge in [0.15, 0.2) is 0 Å². The lowest BCUT2D eigenvalue weighted by atomic mass is 9.99. The minimum atomic E-state index is 0.184. The van der Waals surface area contributed by atoms with Crippen LogP contribution < -0.4 is 5.73 Å². The molecule has 2 N–H and O–H groups in total. The maximum atomic E-state index is 6.37. The van der Waals surface area contributed by atoms with Crippen LogP contribution >= 0.6 is 0 Å². The van der Waals surface area contributed by atoms with Crippen LogP contribution in [0.15, 0.2) is 24.3 Å². The van der Waals surface area contributed by atoms with Gasteiger partial charge >= 0.3 is 0 Å². The normalized spacial score (nSPS) is 16.8. The molecule has 0 heterocycles. The fraction of sp³-hybridized carbons (Fsp3) is 0.647. The van der Waals surface area contributed by atoms with Crippen LogP contribution in [0, 0.1) is 6.92 Å². The van der Waals surface area contributed by atoms with E-state index in [1.807, 2.05) is 0 Å². The zero-order valence-corrected chi connectivity index (χ0v) is 12.4. The quantitative estimate of drug-likeness (QED) is 0.773. The lowest BCUT2D eigenvalue weighted by Crippen LogP contribution is -2.30. The largest absolute Gasteiger partial charge is 0.324 e. The Balaban J connectivity index is 1.84. The molecule has 2 rings (SSSR count). The minimum Gasteiger partial charge on any atom is -0.324 e. The van der Waals surface area contributed by atoms with E-state index in [1.165, 1.54) is 43.4 Å². The molecule has 1 fully saturated rings. The molecule has 2 nitrogen and oxygen atoms in total. The lowest BCUT2D eigenvalue weighted by Gasteiger charge is -2.24. The van der Waals surface area contributed by atoms with E-state index in [0.717, 1.165) is 19.0 Å². The zero-order chi connectivity index (χ0) is 13.7.